The standard InChI is InChI=1S/C13H13ClS/c1-2-10-3-5-11(6-4-10)13-9-15-8-12(13)7-14/h3-6,8-9H,2,7H2,1H3. The lowest BCUT2D eigenvalue weighted by molar-refractivity contribution is 1.14. The molecule has 0 nitrogen and oxygen atoms in total. The van der Waals surface area contributed by atoms with E-state index in [-0.39, 0.29) is 0 Å². The molecule has 0 atom stereocenters. The maximum Gasteiger partial charge on any atom is 0.0488 e. The van der Waals surface area contributed by atoms with E-state index in [0.717, 1.165) is 6.42 Å². The molecule has 2 rings (SSSR count). The van der Waals surface area contributed by atoms with E-state index >= 15 is 0 Å². The van der Waals surface area contributed by atoms with Crippen LogP contribution in [-0.2, 0) is 12.3 Å². The molecule has 78 valence electrons. The van der Waals surface area contributed by atoms with Crippen molar-refractivity contribution in [3.8, 4) is 11.1 Å². The highest BCUT2D eigenvalue weighted by Gasteiger charge is 2.04. The first-order valence-electron chi connectivity index (χ1n) is 5.05. The Morgan fingerprint density at radius 1 is 1.13 bits per heavy atom. The molecule has 1 aromatic heterocycles. The van der Waals surface area contributed by atoms with Crippen molar-refractivity contribution < 1.29 is 0 Å². The summed E-state index contributed by atoms with van der Waals surface area (Å²) in [5, 5.41) is 4.29. The molecule has 2 aromatic rings. The highest BCUT2D eigenvalue weighted by molar-refractivity contribution is 7.08. The normalized spacial score (nSPS) is 10.5. The van der Waals surface area contributed by atoms with Gasteiger partial charge in [-0.3, -0.25) is 0 Å². The van der Waals surface area contributed by atoms with Crippen molar-refractivity contribution in [2.75, 3.05) is 0 Å². The van der Waals surface area contributed by atoms with Crippen LogP contribution in [-0.4, -0.2) is 0 Å². The van der Waals surface area contributed by atoms with Crippen LogP contribution >= 0.6 is 22.9 Å². The van der Waals surface area contributed by atoms with Crippen LogP contribution in [0.3, 0.4) is 0 Å². The van der Waals surface area contributed by atoms with Crippen molar-refractivity contribution in [2.24, 2.45) is 0 Å². The fraction of sp³-hybridized carbons (Fsp3) is 0.231. The summed E-state index contributed by atoms with van der Waals surface area (Å²) in [5.41, 5.74) is 5.15. The minimum Gasteiger partial charge on any atom is -0.151 e. The lowest BCUT2D eigenvalue weighted by Gasteiger charge is -2.02. The zero-order valence-electron chi connectivity index (χ0n) is 8.66. The molecule has 0 fully saturated rings. The number of rotatable bonds is 3. The Bertz CT molecular complexity index is 428. The molecule has 0 saturated carbocycles. The molecule has 0 amide bonds. The molecule has 0 unspecified atom stereocenters. The van der Waals surface area contributed by atoms with E-state index in [1.54, 1.807) is 11.3 Å². The number of thiophene rings is 1. The molecule has 0 aliphatic carbocycles. The maximum absolute atomic E-state index is 5.89. The zero-order valence-corrected chi connectivity index (χ0v) is 10.2. The highest BCUT2D eigenvalue weighted by atomic mass is 35.5. The average molecular weight is 237 g/mol. The van der Waals surface area contributed by atoms with E-state index in [2.05, 4.69) is 41.9 Å². The average Bonchev–Trinajstić information content (AvgIpc) is 2.77. The predicted molar refractivity (Wildman–Crippen MR) is 68.7 cm³/mol. The molecule has 0 N–H and O–H groups in total. The molecule has 15 heavy (non-hydrogen) atoms. The Labute approximate surface area is 99.5 Å². The summed E-state index contributed by atoms with van der Waals surface area (Å²) in [7, 11) is 0. The van der Waals surface area contributed by atoms with Crippen molar-refractivity contribution in [2.45, 2.75) is 19.2 Å². The Morgan fingerprint density at radius 3 is 2.47 bits per heavy atom. The smallest absolute Gasteiger partial charge is 0.0488 e. The van der Waals surface area contributed by atoms with E-state index in [0.29, 0.717) is 5.88 Å². The van der Waals surface area contributed by atoms with Gasteiger partial charge in [0.1, 0.15) is 0 Å². The van der Waals surface area contributed by atoms with Crippen LogP contribution in [0.4, 0.5) is 0 Å². The first-order chi connectivity index (χ1) is 7.35. The van der Waals surface area contributed by atoms with Crippen LogP contribution in [0.25, 0.3) is 11.1 Å². The van der Waals surface area contributed by atoms with Gasteiger partial charge in [-0.15, -0.1) is 11.6 Å². The fourth-order valence-corrected chi connectivity index (χ4v) is 2.78. The molecule has 1 aromatic carbocycles. The lowest BCUT2D eigenvalue weighted by atomic mass is 10.0. The minimum absolute atomic E-state index is 0.592. The number of benzene rings is 1. The summed E-state index contributed by atoms with van der Waals surface area (Å²) >= 11 is 7.60. The topological polar surface area (TPSA) is 0 Å². The second-order valence-electron chi connectivity index (χ2n) is 3.49. The van der Waals surface area contributed by atoms with Crippen LogP contribution in [0.15, 0.2) is 35.0 Å². The van der Waals surface area contributed by atoms with Gasteiger partial charge in [-0.25, -0.2) is 0 Å². The quantitative estimate of drug-likeness (QED) is 0.677. The largest absolute Gasteiger partial charge is 0.151 e. The van der Waals surface area contributed by atoms with Gasteiger partial charge in [0, 0.05) is 5.88 Å². The van der Waals surface area contributed by atoms with Gasteiger partial charge >= 0.3 is 0 Å². The SMILES string of the molecule is CCc1ccc(-c2cscc2CCl)cc1. The predicted octanol–water partition coefficient (Wildman–Crippen LogP) is 4.72. The van der Waals surface area contributed by atoms with Crippen molar-refractivity contribution in [3.63, 3.8) is 0 Å². The molecule has 0 spiro atoms. The Balaban J connectivity index is 2.37. The number of alkyl halides is 1. The van der Waals surface area contributed by atoms with Crippen LogP contribution in [0.5, 0.6) is 0 Å². The van der Waals surface area contributed by atoms with Gasteiger partial charge in [-0.2, -0.15) is 11.3 Å². The van der Waals surface area contributed by atoms with Crippen LogP contribution in [0.2, 0.25) is 0 Å². The number of hydrogen-bond acceptors (Lipinski definition) is 1. The molecule has 0 aliphatic rings. The molecule has 1 heterocycles. The number of hydrogen-bond donors (Lipinski definition) is 0. The monoisotopic (exact) mass is 236 g/mol. The molecule has 0 aliphatic heterocycles. The molecule has 0 bridgehead atoms. The third-order valence-electron chi connectivity index (χ3n) is 2.56. The van der Waals surface area contributed by atoms with Gasteiger partial charge in [-0.1, -0.05) is 31.2 Å². The summed E-state index contributed by atoms with van der Waals surface area (Å²) in [6, 6.07) is 8.73. The first-order valence-corrected chi connectivity index (χ1v) is 6.53. The molecular weight excluding hydrogens is 224 g/mol. The lowest BCUT2D eigenvalue weighted by Crippen LogP contribution is -1.82. The molecule has 0 saturated heterocycles. The van der Waals surface area contributed by atoms with Gasteiger partial charge in [0.05, 0.1) is 0 Å². The van der Waals surface area contributed by atoms with Crippen LogP contribution < -0.4 is 0 Å². The highest BCUT2D eigenvalue weighted by Crippen LogP contribution is 2.28. The van der Waals surface area contributed by atoms with Crippen molar-refractivity contribution in [1.82, 2.24) is 0 Å². The Hall–Kier alpha value is -0.790. The van der Waals surface area contributed by atoms with E-state index < -0.39 is 0 Å². The summed E-state index contributed by atoms with van der Waals surface area (Å²) in [6.07, 6.45) is 1.09. The third kappa shape index (κ3) is 2.24. The van der Waals surface area contributed by atoms with Gasteiger partial charge in [0.25, 0.3) is 0 Å². The summed E-state index contributed by atoms with van der Waals surface area (Å²) in [6.45, 7) is 2.17. The zero-order chi connectivity index (χ0) is 10.7. The minimum atomic E-state index is 0.592. The van der Waals surface area contributed by atoms with Crippen LogP contribution in [0, 0.1) is 0 Å². The van der Waals surface area contributed by atoms with Crippen LogP contribution in [0.1, 0.15) is 18.1 Å². The maximum atomic E-state index is 5.89. The number of halogens is 1. The van der Waals surface area contributed by atoms with Gasteiger partial charge in [-0.05, 0) is 39.4 Å². The van der Waals surface area contributed by atoms with Gasteiger partial charge < -0.3 is 0 Å². The Morgan fingerprint density at radius 2 is 1.87 bits per heavy atom. The third-order valence-corrected chi connectivity index (χ3v) is 3.64. The van der Waals surface area contributed by atoms with E-state index in [1.165, 1.54) is 22.3 Å². The summed E-state index contributed by atoms with van der Waals surface area (Å²) in [4.78, 5) is 0. The van der Waals surface area contributed by atoms with Gasteiger partial charge in [0.2, 0.25) is 0 Å². The Kier molecular flexibility index (Phi) is 3.45. The second-order valence-corrected chi connectivity index (χ2v) is 4.51. The van der Waals surface area contributed by atoms with E-state index in [9.17, 15) is 0 Å². The fourth-order valence-electron chi connectivity index (χ4n) is 1.60. The number of aryl methyl sites for hydroxylation is 1. The van der Waals surface area contributed by atoms with E-state index in [1.807, 2.05) is 0 Å². The second kappa shape index (κ2) is 4.82. The van der Waals surface area contributed by atoms with Crippen molar-refractivity contribution >= 4 is 22.9 Å². The molecule has 2 heteroatoms. The first kappa shape index (κ1) is 10.7. The van der Waals surface area contributed by atoms with Crippen molar-refractivity contribution in [1.29, 1.82) is 0 Å². The molecule has 0 radical (unpaired) electrons. The van der Waals surface area contributed by atoms with Crippen molar-refractivity contribution in [3.05, 3.63) is 46.2 Å². The summed E-state index contributed by atoms with van der Waals surface area (Å²) < 4.78 is 0. The molecular formula is C13H13ClS. The van der Waals surface area contributed by atoms with E-state index in [4.69, 9.17) is 11.6 Å². The van der Waals surface area contributed by atoms with Gasteiger partial charge in [0.15, 0.2) is 0 Å². The summed E-state index contributed by atoms with van der Waals surface area (Å²) in [5.74, 6) is 0.592.